The van der Waals surface area contributed by atoms with Crippen LogP contribution in [0, 0.1) is 5.92 Å². The fraction of sp³-hybridized carbons (Fsp3) is 0.417. The SMILES string of the molecule is CC(C)CCSc1nc2c(N)cccc2o1. The molecule has 0 aliphatic rings. The minimum absolute atomic E-state index is 0.678. The summed E-state index contributed by atoms with van der Waals surface area (Å²) in [6, 6.07) is 5.62. The average molecular weight is 236 g/mol. The zero-order valence-electron chi connectivity index (χ0n) is 9.56. The van der Waals surface area contributed by atoms with Crippen LogP contribution in [0.15, 0.2) is 27.8 Å². The van der Waals surface area contributed by atoms with Gasteiger partial charge in [-0.1, -0.05) is 31.7 Å². The first-order valence-electron chi connectivity index (χ1n) is 5.44. The second-order valence-corrected chi connectivity index (χ2v) is 5.25. The molecule has 2 aromatic rings. The van der Waals surface area contributed by atoms with E-state index >= 15 is 0 Å². The lowest BCUT2D eigenvalue weighted by Crippen LogP contribution is -1.89. The Kier molecular flexibility index (Phi) is 3.39. The molecule has 0 amide bonds. The number of anilines is 1. The molecule has 0 saturated carbocycles. The van der Waals surface area contributed by atoms with E-state index in [4.69, 9.17) is 10.2 Å². The highest BCUT2D eigenvalue weighted by Crippen LogP contribution is 2.27. The quantitative estimate of drug-likeness (QED) is 0.651. The molecule has 0 spiro atoms. The number of para-hydroxylation sites is 1. The smallest absolute Gasteiger partial charge is 0.256 e. The summed E-state index contributed by atoms with van der Waals surface area (Å²) in [4.78, 5) is 4.38. The van der Waals surface area contributed by atoms with E-state index in [1.165, 1.54) is 6.42 Å². The number of hydrogen-bond donors (Lipinski definition) is 1. The van der Waals surface area contributed by atoms with Gasteiger partial charge in [-0.3, -0.25) is 0 Å². The van der Waals surface area contributed by atoms with Crippen molar-refractivity contribution in [1.29, 1.82) is 0 Å². The Morgan fingerprint density at radius 2 is 2.25 bits per heavy atom. The lowest BCUT2D eigenvalue weighted by Gasteiger charge is -2.00. The maximum atomic E-state index is 5.81. The van der Waals surface area contributed by atoms with Crippen molar-refractivity contribution in [2.45, 2.75) is 25.5 Å². The Morgan fingerprint density at radius 1 is 1.44 bits per heavy atom. The third-order valence-corrected chi connectivity index (χ3v) is 3.21. The highest BCUT2D eigenvalue weighted by Gasteiger charge is 2.08. The summed E-state index contributed by atoms with van der Waals surface area (Å²) >= 11 is 1.65. The van der Waals surface area contributed by atoms with Gasteiger partial charge in [0.05, 0.1) is 5.69 Å². The van der Waals surface area contributed by atoms with Crippen LogP contribution in [0.2, 0.25) is 0 Å². The normalized spacial score (nSPS) is 11.4. The van der Waals surface area contributed by atoms with Crippen LogP contribution in [0.5, 0.6) is 0 Å². The minimum atomic E-state index is 0.678. The van der Waals surface area contributed by atoms with E-state index in [0.29, 0.717) is 16.8 Å². The van der Waals surface area contributed by atoms with E-state index in [1.807, 2.05) is 18.2 Å². The fourth-order valence-corrected chi connectivity index (χ4v) is 2.46. The van der Waals surface area contributed by atoms with Gasteiger partial charge in [-0.15, -0.1) is 0 Å². The van der Waals surface area contributed by atoms with Gasteiger partial charge in [0, 0.05) is 5.75 Å². The molecule has 0 aliphatic carbocycles. The number of fused-ring (bicyclic) bond motifs is 1. The second-order valence-electron chi connectivity index (χ2n) is 4.20. The molecule has 0 radical (unpaired) electrons. The Morgan fingerprint density at radius 3 is 2.94 bits per heavy atom. The highest BCUT2D eigenvalue weighted by atomic mass is 32.2. The molecule has 0 bridgehead atoms. The number of nitrogens with zero attached hydrogens (tertiary/aromatic N) is 1. The first kappa shape index (κ1) is 11.3. The molecule has 0 fully saturated rings. The van der Waals surface area contributed by atoms with Gasteiger partial charge in [0.15, 0.2) is 5.58 Å². The molecule has 1 aromatic carbocycles. The molecule has 1 aromatic heterocycles. The molecule has 86 valence electrons. The third-order valence-electron chi connectivity index (χ3n) is 2.35. The summed E-state index contributed by atoms with van der Waals surface area (Å²) in [6.45, 7) is 4.43. The van der Waals surface area contributed by atoms with Crippen LogP contribution in [-0.2, 0) is 0 Å². The monoisotopic (exact) mass is 236 g/mol. The minimum Gasteiger partial charge on any atom is -0.431 e. The lowest BCUT2D eigenvalue weighted by molar-refractivity contribution is 0.488. The van der Waals surface area contributed by atoms with Gasteiger partial charge in [-0.05, 0) is 24.5 Å². The number of aromatic nitrogens is 1. The van der Waals surface area contributed by atoms with E-state index in [2.05, 4.69) is 18.8 Å². The Hall–Kier alpha value is -1.16. The summed E-state index contributed by atoms with van der Waals surface area (Å²) in [6.07, 6.45) is 1.17. The summed E-state index contributed by atoms with van der Waals surface area (Å²) < 4.78 is 5.60. The predicted molar refractivity (Wildman–Crippen MR) is 68.6 cm³/mol. The van der Waals surface area contributed by atoms with Gasteiger partial charge in [0.1, 0.15) is 5.52 Å². The van der Waals surface area contributed by atoms with Crippen molar-refractivity contribution in [2.24, 2.45) is 5.92 Å². The summed E-state index contributed by atoms with van der Waals surface area (Å²) in [7, 11) is 0. The van der Waals surface area contributed by atoms with Crippen molar-refractivity contribution in [3.05, 3.63) is 18.2 Å². The van der Waals surface area contributed by atoms with Crippen molar-refractivity contribution >= 4 is 28.5 Å². The maximum absolute atomic E-state index is 5.81. The van der Waals surface area contributed by atoms with Crippen molar-refractivity contribution < 1.29 is 4.42 Å². The second kappa shape index (κ2) is 4.78. The topological polar surface area (TPSA) is 52.0 Å². The predicted octanol–water partition coefficient (Wildman–Crippen LogP) is 3.55. The molecular formula is C12H16N2OS. The number of rotatable bonds is 4. The van der Waals surface area contributed by atoms with E-state index in [9.17, 15) is 0 Å². The maximum Gasteiger partial charge on any atom is 0.256 e. The van der Waals surface area contributed by atoms with Gasteiger partial charge in [0.2, 0.25) is 0 Å². The number of oxazole rings is 1. The van der Waals surface area contributed by atoms with E-state index in [0.717, 1.165) is 16.9 Å². The van der Waals surface area contributed by atoms with E-state index < -0.39 is 0 Å². The lowest BCUT2D eigenvalue weighted by atomic mass is 10.2. The Bertz CT molecular complexity index is 479. The largest absolute Gasteiger partial charge is 0.431 e. The first-order chi connectivity index (χ1) is 7.66. The van der Waals surface area contributed by atoms with Crippen LogP contribution in [-0.4, -0.2) is 10.7 Å². The number of benzene rings is 1. The summed E-state index contributed by atoms with van der Waals surface area (Å²) in [5, 5.41) is 0.716. The summed E-state index contributed by atoms with van der Waals surface area (Å²) in [5.41, 5.74) is 8.04. The van der Waals surface area contributed by atoms with Gasteiger partial charge in [-0.25, -0.2) is 4.98 Å². The summed E-state index contributed by atoms with van der Waals surface area (Å²) in [5.74, 6) is 1.74. The zero-order valence-corrected chi connectivity index (χ0v) is 10.4. The van der Waals surface area contributed by atoms with Crippen molar-refractivity contribution in [1.82, 2.24) is 4.98 Å². The fourth-order valence-electron chi connectivity index (χ4n) is 1.39. The molecule has 2 rings (SSSR count). The first-order valence-corrected chi connectivity index (χ1v) is 6.43. The number of thioether (sulfide) groups is 1. The highest BCUT2D eigenvalue weighted by molar-refractivity contribution is 7.99. The van der Waals surface area contributed by atoms with Crippen molar-refractivity contribution in [3.8, 4) is 0 Å². The molecular weight excluding hydrogens is 220 g/mol. The number of nitrogen functional groups attached to an aromatic ring is 1. The average Bonchev–Trinajstić information content (AvgIpc) is 2.61. The van der Waals surface area contributed by atoms with E-state index in [1.54, 1.807) is 11.8 Å². The van der Waals surface area contributed by atoms with Gasteiger partial charge >= 0.3 is 0 Å². The van der Waals surface area contributed by atoms with Gasteiger partial charge < -0.3 is 10.2 Å². The molecule has 3 nitrogen and oxygen atoms in total. The molecule has 2 N–H and O–H groups in total. The number of nitrogens with two attached hydrogens (primary N) is 1. The molecule has 4 heteroatoms. The van der Waals surface area contributed by atoms with Crippen LogP contribution in [0.25, 0.3) is 11.1 Å². The van der Waals surface area contributed by atoms with Crippen LogP contribution in [0.1, 0.15) is 20.3 Å². The Balaban J connectivity index is 2.11. The van der Waals surface area contributed by atoms with Crippen LogP contribution < -0.4 is 5.73 Å². The zero-order chi connectivity index (χ0) is 11.5. The molecule has 0 atom stereocenters. The molecule has 0 aliphatic heterocycles. The Labute approximate surface area is 99.4 Å². The molecule has 16 heavy (non-hydrogen) atoms. The molecule has 1 heterocycles. The van der Waals surface area contributed by atoms with Crippen molar-refractivity contribution in [2.75, 3.05) is 11.5 Å². The van der Waals surface area contributed by atoms with Crippen LogP contribution >= 0.6 is 11.8 Å². The standard InChI is InChI=1S/C12H16N2OS/c1-8(2)6-7-16-12-14-11-9(13)4-3-5-10(11)15-12/h3-5,8H,6-7,13H2,1-2H3. The molecule has 0 unspecified atom stereocenters. The van der Waals surface area contributed by atoms with Crippen LogP contribution in [0.4, 0.5) is 5.69 Å². The number of hydrogen-bond acceptors (Lipinski definition) is 4. The van der Waals surface area contributed by atoms with E-state index in [-0.39, 0.29) is 0 Å². The van der Waals surface area contributed by atoms with Crippen molar-refractivity contribution in [3.63, 3.8) is 0 Å². The third kappa shape index (κ3) is 2.50. The van der Waals surface area contributed by atoms with Crippen LogP contribution in [0.3, 0.4) is 0 Å². The van der Waals surface area contributed by atoms with Gasteiger partial charge in [-0.2, -0.15) is 0 Å². The molecule has 0 saturated heterocycles. The van der Waals surface area contributed by atoms with Gasteiger partial charge in [0.25, 0.3) is 5.22 Å².